The van der Waals surface area contributed by atoms with Crippen LogP contribution in [0.2, 0.25) is 0 Å². The Morgan fingerprint density at radius 3 is 2.68 bits per heavy atom. The zero-order valence-corrected chi connectivity index (χ0v) is 15.5. The number of fused-ring (bicyclic) bond motifs is 1. The second-order valence-corrected chi connectivity index (χ2v) is 7.41. The molecule has 1 aromatic rings. The molecule has 2 unspecified atom stereocenters. The molecule has 3 rings (SSSR count). The van der Waals surface area contributed by atoms with Crippen molar-refractivity contribution in [2.75, 3.05) is 12.8 Å². The summed E-state index contributed by atoms with van der Waals surface area (Å²) < 4.78 is 0. The predicted molar refractivity (Wildman–Crippen MR) is 100 cm³/mol. The predicted octanol–water partition coefficient (Wildman–Crippen LogP) is 2.66. The van der Waals surface area contributed by atoms with Crippen LogP contribution in [-0.4, -0.2) is 51.9 Å². The summed E-state index contributed by atoms with van der Waals surface area (Å²) in [4.78, 5) is 32.7. The summed E-state index contributed by atoms with van der Waals surface area (Å²) in [5.41, 5.74) is 1.12. The maximum atomic E-state index is 12.5. The molecular formula is C18H24N4O2S. The monoisotopic (exact) mass is 360 g/mol. The smallest absolute Gasteiger partial charge is 0.325 e. The minimum absolute atomic E-state index is 0.267. The molecular weight excluding hydrogens is 336 g/mol. The number of hydrogen-bond acceptors (Lipinski definition) is 5. The highest BCUT2D eigenvalue weighted by molar-refractivity contribution is 8.13. The molecule has 1 saturated heterocycles. The van der Waals surface area contributed by atoms with E-state index in [0.29, 0.717) is 6.54 Å². The van der Waals surface area contributed by atoms with Gasteiger partial charge in [0.25, 0.3) is 5.91 Å². The fourth-order valence-electron chi connectivity index (χ4n) is 3.08. The number of nitrogens with zero attached hydrogens (tertiary/aromatic N) is 3. The summed E-state index contributed by atoms with van der Waals surface area (Å²) in [5.74, 6) is 0.702. The number of carbonyl (C=O) groups excluding carboxylic acids is 2. The Kier molecular flexibility index (Phi) is 5.63. The summed E-state index contributed by atoms with van der Waals surface area (Å²) in [6.45, 7) is 2.79. The highest BCUT2D eigenvalue weighted by atomic mass is 32.2. The largest absolute Gasteiger partial charge is 0.331 e. The summed E-state index contributed by atoms with van der Waals surface area (Å²) >= 11 is 1.68. The number of amides is 3. The van der Waals surface area contributed by atoms with Crippen molar-refractivity contribution in [3.63, 3.8) is 0 Å². The molecule has 2 heterocycles. The highest BCUT2D eigenvalue weighted by Gasteiger charge is 2.48. The van der Waals surface area contributed by atoms with E-state index in [1.54, 1.807) is 18.8 Å². The van der Waals surface area contributed by atoms with E-state index < -0.39 is 12.2 Å². The Bertz CT molecular complexity index is 664. The molecule has 1 aromatic carbocycles. The molecule has 0 saturated carbocycles. The van der Waals surface area contributed by atoms with Crippen molar-refractivity contribution in [3.8, 4) is 0 Å². The second kappa shape index (κ2) is 7.91. The molecule has 1 fully saturated rings. The first-order valence-electron chi connectivity index (χ1n) is 8.70. The van der Waals surface area contributed by atoms with Crippen molar-refractivity contribution in [1.82, 2.24) is 15.1 Å². The second-order valence-electron chi connectivity index (χ2n) is 6.34. The van der Waals surface area contributed by atoms with E-state index in [1.807, 2.05) is 35.2 Å². The van der Waals surface area contributed by atoms with Gasteiger partial charge in [-0.15, -0.1) is 0 Å². The number of benzene rings is 1. The molecule has 2 aliphatic rings. The van der Waals surface area contributed by atoms with Crippen LogP contribution in [0.25, 0.3) is 0 Å². The number of likely N-dealkylation sites (N-methyl/N-ethyl adjacent to an activating group) is 1. The summed E-state index contributed by atoms with van der Waals surface area (Å²) in [6, 6.07) is 9.20. The van der Waals surface area contributed by atoms with Gasteiger partial charge in [-0.2, -0.15) is 0 Å². The molecule has 0 aliphatic carbocycles. The van der Waals surface area contributed by atoms with Crippen molar-refractivity contribution in [2.24, 2.45) is 4.99 Å². The van der Waals surface area contributed by atoms with Gasteiger partial charge in [-0.3, -0.25) is 10.1 Å². The van der Waals surface area contributed by atoms with E-state index >= 15 is 0 Å². The zero-order valence-electron chi connectivity index (χ0n) is 14.6. The standard InChI is InChI=1S/C18H24N4O2S/c1-3-4-8-11-25-18-19-15-14(16(23)20-17(24)21(15)2)22(18)12-13-9-6-5-7-10-13/h5-7,9-10,14-15H,3-4,8,11-12H2,1-2H3,(H,20,23,24). The molecule has 134 valence electrons. The number of unbranched alkanes of at least 4 members (excludes halogenated alkanes) is 2. The summed E-state index contributed by atoms with van der Waals surface area (Å²) in [5, 5.41) is 3.29. The third-order valence-corrected chi connectivity index (χ3v) is 5.59. The van der Waals surface area contributed by atoms with Crippen LogP contribution in [0.1, 0.15) is 31.7 Å². The van der Waals surface area contributed by atoms with Gasteiger partial charge in [0, 0.05) is 19.3 Å². The fraction of sp³-hybridized carbons (Fsp3) is 0.500. The Morgan fingerprint density at radius 2 is 1.96 bits per heavy atom. The van der Waals surface area contributed by atoms with Crippen LogP contribution in [0.5, 0.6) is 0 Å². The highest BCUT2D eigenvalue weighted by Crippen LogP contribution is 2.30. The van der Waals surface area contributed by atoms with Crippen molar-refractivity contribution in [2.45, 2.75) is 44.9 Å². The van der Waals surface area contributed by atoms with Gasteiger partial charge in [-0.05, 0) is 12.0 Å². The average Bonchev–Trinajstić information content (AvgIpc) is 2.97. The molecule has 0 spiro atoms. The number of aliphatic imine (C=N–C) groups is 1. The lowest BCUT2D eigenvalue weighted by Crippen LogP contribution is -2.63. The minimum Gasteiger partial charge on any atom is -0.331 e. The first kappa shape index (κ1) is 17.8. The van der Waals surface area contributed by atoms with Gasteiger partial charge >= 0.3 is 6.03 Å². The van der Waals surface area contributed by atoms with Crippen LogP contribution < -0.4 is 5.32 Å². The first-order valence-corrected chi connectivity index (χ1v) is 9.69. The summed E-state index contributed by atoms with van der Waals surface area (Å²) in [6.07, 6.45) is 3.03. The Morgan fingerprint density at radius 1 is 1.20 bits per heavy atom. The molecule has 0 bridgehead atoms. The van der Waals surface area contributed by atoms with E-state index in [0.717, 1.165) is 22.9 Å². The Hall–Kier alpha value is -2.02. The number of urea groups is 1. The number of hydrogen-bond donors (Lipinski definition) is 1. The lowest BCUT2D eigenvalue weighted by atomic mass is 10.1. The molecule has 3 amide bonds. The zero-order chi connectivity index (χ0) is 17.8. The quantitative estimate of drug-likeness (QED) is 0.792. The van der Waals surface area contributed by atoms with Gasteiger partial charge in [0.1, 0.15) is 0 Å². The molecule has 0 aromatic heterocycles. The Labute approximate surface area is 152 Å². The van der Waals surface area contributed by atoms with Gasteiger partial charge in [0.2, 0.25) is 0 Å². The van der Waals surface area contributed by atoms with E-state index in [2.05, 4.69) is 12.2 Å². The van der Waals surface area contributed by atoms with Crippen molar-refractivity contribution in [1.29, 1.82) is 0 Å². The molecule has 6 nitrogen and oxygen atoms in total. The molecule has 1 N–H and O–H groups in total. The minimum atomic E-state index is -0.461. The van der Waals surface area contributed by atoms with Crippen molar-refractivity contribution < 1.29 is 9.59 Å². The molecule has 2 aliphatic heterocycles. The average molecular weight is 360 g/mol. The lowest BCUT2D eigenvalue weighted by Gasteiger charge is -2.36. The number of carbonyl (C=O) groups is 2. The SMILES string of the molecule is CCCCCSC1=NC2C(C(=O)NC(=O)N2C)N1Cc1ccccc1. The van der Waals surface area contributed by atoms with Crippen LogP contribution in [0, 0.1) is 0 Å². The van der Waals surface area contributed by atoms with Gasteiger partial charge in [0.05, 0.1) is 0 Å². The van der Waals surface area contributed by atoms with Crippen LogP contribution >= 0.6 is 11.8 Å². The van der Waals surface area contributed by atoms with E-state index in [1.165, 1.54) is 17.7 Å². The van der Waals surface area contributed by atoms with E-state index in [-0.39, 0.29) is 11.9 Å². The van der Waals surface area contributed by atoms with Crippen LogP contribution in [0.3, 0.4) is 0 Å². The first-order chi connectivity index (χ1) is 12.1. The number of nitrogens with one attached hydrogen (secondary N) is 1. The van der Waals surface area contributed by atoms with Crippen molar-refractivity contribution >= 4 is 28.9 Å². The maximum Gasteiger partial charge on any atom is 0.325 e. The van der Waals surface area contributed by atoms with Gasteiger partial charge in [-0.25, -0.2) is 9.79 Å². The number of imide groups is 1. The van der Waals surface area contributed by atoms with Crippen LogP contribution in [-0.2, 0) is 11.3 Å². The molecule has 25 heavy (non-hydrogen) atoms. The maximum absolute atomic E-state index is 12.5. The number of thioether (sulfide) groups is 1. The molecule has 2 atom stereocenters. The van der Waals surface area contributed by atoms with Gasteiger partial charge < -0.3 is 9.80 Å². The van der Waals surface area contributed by atoms with E-state index in [9.17, 15) is 9.59 Å². The fourth-order valence-corrected chi connectivity index (χ4v) is 4.14. The normalized spacial score (nSPS) is 22.7. The number of amidine groups is 1. The summed E-state index contributed by atoms with van der Waals surface area (Å²) in [7, 11) is 1.69. The molecule has 0 radical (unpaired) electrons. The van der Waals surface area contributed by atoms with Crippen LogP contribution in [0.4, 0.5) is 4.79 Å². The lowest BCUT2D eigenvalue weighted by molar-refractivity contribution is -0.127. The number of rotatable bonds is 6. The van der Waals surface area contributed by atoms with E-state index in [4.69, 9.17) is 4.99 Å². The third-order valence-electron chi connectivity index (χ3n) is 4.50. The Balaban J connectivity index is 1.81. The van der Waals surface area contributed by atoms with Gasteiger partial charge in [-0.1, -0.05) is 61.9 Å². The van der Waals surface area contributed by atoms with Gasteiger partial charge in [0.15, 0.2) is 17.4 Å². The molecule has 7 heteroatoms. The van der Waals surface area contributed by atoms with Crippen molar-refractivity contribution in [3.05, 3.63) is 35.9 Å². The third kappa shape index (κ3) is 3.81. The topological polar surface area (TPSA) is 65.0 Å². The van der Waals surface area contributed by atoms with Crippen LogP contribution in [0.15, 0.2) is 35.3 Å².